The standard InChI is InChI=1S/C28H30FN5O5S/c1-19(30-26(35)23-6-2-15-38-23)28(36)34-12-4-10-33(13-14-34)11-5-16-37-20-8-9-21(22(29)18-20)25-31-27(39-32-25)24-7-3-17-40-24/h2-3,6-9,15,17-19H,4-5,10-14,16H2,1H3,(H,30,35). The molecule has 1 saturated heterocycles. The fourth-order valence-corrected chi connectivity index (χ4v) is 5.15. The van der Waals surface area contributed by atoms with Gasteiger partial charge < -0.3 is 28.8 Å². The van der Waals surface area contributed by atoms with Crippen LogP contribution in [0.2, 0.25) is 0 Å². The fraction of sp³-hybridized carbons (Fsp3) is 0.357. The first-order valence-corrected chi connectivity index (χ1v) is 14.0. The van der Waals surface area contributed by atoms with Crippen molar-refractivity contribution in [3.05, 3.63) is 65.7 Å². The third-order valence-electron chi connectivity index (χ3n) is 6.59. The van der Waals surface area contributed by atoms with E-state index in [0.717, 1.165) is 37.4 Å². The SMILES string of the molecule is CC(NC(=O)c1ccco1)C(=O)N1CCCN(CCCOc2ccc(-c3noc(-c4cccs4)n3)c(F)c2)CC1. The van der Waals surface area contributed by atoms with Gasteiger partial charge in [0.25, 0.3) is 11.8 Å². The molecule has 1 unspecified atom stereocenters. The maximum Gasteiger partial charge on any atom is 0.287 e. The van der Waals surface area contributed by atoms with Crippen LogP contribution < -0.4 is 10.1 Å². The van der Waals surface area contributed by atoms with Gasteiger partial charge in [-0.1, -0.05) is 11.2 Å². The van der Waals surface area contributed by atoms with E-state index in [1.165, 1.54) is 23.7 Å². The molecule has 1 aromatic carbocycles. The van der Waals surface area contributed by atoms with Crippen molar-refractivity contribution in [1.29, 1.82) is 0 Å². The Morgan fingerprint density at radius 1 is 1.18 bits per heavy atom. The van der Waals surface area contributed by atoms with Gasteiger partial charge >= 0.3 is 0 Å². The molecular weight excluding hydrogens is 537 g/mol. The van der Waals surface area contributed by atoms with Gasteiger partial charge in [-0.3, -0.25) is 9.59 Å². The Kier molecular flexibility index (Phi) is 8.87. The second kappa shape index (κ2) is 12.9. The molecule has 1 fully saturated rings. The van der Waals surface area contributed by atoms with E-state index in [4.69, 9.17) is 13.7 Å². The lowest BCUT2D eigenvalue weighted by Gasteiger charge is -2.25. The second-order valence-corrected chi connectivity index (χ2v) is 10.4. The number of hydrogen-bond donors (Lipinski definition) is 1. The molecule has 12 heteroatoms. The molecule has 1 aliphatic heterocycles. The topological polar surface area (TPSA) is 114 Å². The Labute approximate surface area is 234 Å². The summed E-state index contributed by atoms with van der Waals surface area (Å²) < 4.78 is 30.9. The number of rotatable bonds is 10. The summed E-state index contributed by atoms with van der Waals surface area (Å²) in [6.07, 6.45) is 3.01. The number of benzene rings is 1. The van der Waals surface area contributed by atoms with Gasteiger partial charge in [0, 0.05) is 32.2 Å². The average molecular weight is 568 g/mol. The van der Waals surface area contributed by atoms with E-state index in [1.54, 1.807) is 36.1 Å². The molecule has 4 aromatic rings. The van der Waals surface area contributed by atoms with Gasteiger partial charge in [-0.25, -0.2) is 4.39 Å². The third-order valence-corrected chi connectivity index (χ3v) is 7.45. The van der Waals surface area contributed by atoms with Crippen molar-refractivity contribution in [2.45, 2.75) is 25.8 Å². The Morgan fingerprint density at radius 2 is 2.08 bits per heavy atom. The Balaban J connectivity index is 1.04. The molecule has 0 spiro atoms. The van der Waals surface area contributed by atoms with Crippen LogP contribution in [0.4, 0.5) is 4.39 Å². The number of amides is 2. The van der Waals surface area contributed by atoms with E-state index in [2.05, 4.69) is 20.4 Å². The van der Waals surface area contributed by atoms with Gasteiger partial charge in [-0.2, -0.15) is 4.98 Å². The van der Waals surface area contributed by atoms with Crippen molar-refractivity contribution in [2.75, 3.05) is 39.3 Å². The number of carbonyl (C=O) groups excluding carboxylic acids is 2. The van der Waals surface area contributed by atoms with Gasteiger partial charge in [0.1, 0.15) is 17.6 Å². The van der Waals surface area contributed by atoms with E-state index < -0.39 is 17.8 Å². The highest BCUT2D eigenvalue weighted by Crippen LogP contribution is 2.28. The molecule has 0 saturated carbocycles. The van der Waals surface area contributed by atoms with E-state index >= 15 is 0 Å². The monoisotopic (exact) mass is 567 g/mol. The molecule has 40 heavy (non-hydrogen) atoms. The van der Waals surface area contributed by atoms with Gasteiger partial charge in [0.15, 0.2) is 5.76 Å². The smallest absolute Gasteiger partial charge is 0.287 e. The minimum Gasteiger partial charge on any atom is -0.493 e. The van der Waals surface area contributed by atoms with Crippen LogP contribution in [0.3, 0.4) is 0 Å². The number of furan rings is 1. The number of ether oxygens (including phenoxy) is 1. The first-order chi connectivity index (χ1) is 19.5. The van der Waals surface area contributed by atoms with Gasteiger partial charge in [-0.15, -0.1) is 11.3 Å². The first-order valence-electron chi connectivity index (χ1n) is 13.1. The zero-order chi connectivity index (χ0) is 27.9. The zero-order valence-electron chi connectivity index (χ0n) is 22.0. The van der Waals surface area contributed by atoms with Crippen molar-refractivity contribution in [1.82, 2.24) is 25.3 Å². The summed E-state index contributed by atoms with van der Waals surface area (Å²) in [5.74, 6) is 0.156. The summed E-state index contributed by atoms with van der Waals surface area (Å²) in [5, 5.41) is 8.51. The van der Waals surface area contributed by atoms with Crippen LogP contribution >= 0.6 is 11.3 Å². The average Bonchev–Trinajstić information content (AvgIpc) is 3.73. The van der Waals surface area contributed by atoms with Crippen LogP contribution in [0.1, 0.15) is 30.3 Å². The predicted molar refractivity (Wildman–Crippen MR) is 146 cm³/mol. The molecule has 1 N–H and O–H groups in total. The number of halogens is 1. The Hall–Kier alpha value is -4.03. The minimum atomic E-state index is -0.646. The molecule has 4 heterocycles. The largest absolute Gasteiger partial charge is 0.493 e. The summed E-state index contributed by atoms with van der Waals surface area (Å²) in [6.45, 7) is 5.71. The lowest BCUT2D eigenvalue weighted by atomic mass is 10.2. The molecule has 10 nitrogen and oxygen atoms in total. The molecule has 5 rings (SSSR count). The van der Waals surface area contributed by atoms with Gasteiger partial charge in [-0.05, 0) is 62.0 Å². The molecular formula is C28H30FN5O5S. The van der Waals surface area contributed by atoms with Crippen molar-refractivity contribution >= 4 is 23.2 Å². The van der Waals surface area contributed by atoms with E-state index in [1.807, 2.05) is 17.5 Å². The molecule has 0 aliphatic carbocycles. The summed E-state index contributed by atoms with van der Waals surface area (Å²) >= 11 is 1.47. The van der Waals surface area contributed by atoms with Crippen molar-refractivity contribution in [3.63, 3.8) is 0 Å². The highest BCUT2D eigenvalue weighted by Gasteiger charge is 2.25. The molecule has 0 bridgehead atoms. The maximum absolute atomic E-state index is 14.8. The number of aromatic nitrogens is 2. The lowest BCUT2D eigenvalue weighted by molar-refractivity contribution is -0.132. The molecule has 1 atom stereocenters. The molecule has 0 radical (unpaired) electrons. The van der Waals surface area contributed by atoms with Gasteiger partial charge in [0.2, 0.25) is 11.7 Å². The van der Waals surface area contributed by atoms with Crippen LogP contribution in [0.15, 0.2) is 63.0 Å². The van der Waals surface area contributed by atoms with Crippen LogP contribution in [-0.2, 0) is 4.79 Å². The molecule has 2 amide bonds. The van der Waals surface area contributed by atoms with Crippen molar-refractivity contribution < 1.29 is 27.7 Å². The number of nitrogens with zero attached hydrogens (tertiary/aromatic N) is 4. The first kappa shape index (κ1) is 27.5. The minimum absolute atomic E-state index is 0.112. The van der Waals surface area contributed by atoms with Crippen LogP contribution in [0, 0.1) is 5.82 Å². The summed E-state index contributed by atoms with van der Waals surface area (Å²) in [4.78, 5) is 34.3. The zero-order valence-corrected chi connectivity index (χ0v) is 22.9. The Bertz CT molecular complexity index is 1410. The van der Waals surface area contributed by atoms with Crippen molar-refractivity contribution in [2.24, 2.45) is 0 Å². The Morgan fingerprint density at radius 3 is 2.85 bits per heavy atom. The summed E-state index contributed by atoms with van der Waals surface area (Å²) in [5.41, 5.74) is 0.248. The van der Waals surface area contributed by atoms with Crippen LogP contribution in [0.25, 0.3) is 22.2 Å². The molecule has 3 aromatic heterocycles. The molecule has 1 aliphatic rings. The maximum atomic E-state index is 14.8. The quantitative estimate of drug-likeness (QED) is 0.282. The number of nitrogens with one attached hydrogen (secondary N) is 1. The lowest BCUT2D eigenvalue weighted by Crippen LogP contribution is -2.48. The highest BCUT2D eigenvalue weighted by molar-refractivity contribution is 7.13. The van der Waals surface area contributed by atoms with Gasteiger partial charge in [0.05, 0.1) is 23.3 Å². The highest BCUT2D eigenvalue weighted by atomic mass is 32.1. The predicted octanol–water partition coefficient (Wildman–Crippen LogP) is 4.32. The molecule has 210 valence electrons. The number of carbonyl (C=O) groups is 2. The third kappa shape index (κ3) is 6.75. The number of hydrogen-bond acceptors (Lipinski definition) is 9. The van der Waals surface area contributed by atoms with Crippen molar-refractivity contribution in [3.8, 4) is 27.9 Å². The van der Waals surface area contributed by atoms with E-state index in [0.29, 0.717) is 31.3 Å². The van der Waals surface area contributed by atoms with Crippen LogP contribution in [0.5, 0.6) is 5.75 Å². The summed E-state index contributed by atoms with van der Waals surface area (Å²) in [7, 11) is 0. The summed E-state index contributed by atoms with van der Waals surface area (Å²) in [6, 6.07) is 10.9. The van der Waals surface area contributed by atoms with E-state index in [-0.39, 0.29) is 23.1 Å². The normalized spacial score (nSPS) is 15.0. The van der Waals surface area contributed by atoms with Crippen LogP contribution in [-0.4, -0.2) is 77.1 Å². The van der Waals surface area contributed by atoms with E-state index in [9.17, 15) is 14.0 Å². The second-order valence-electron chi connectivity index (χ2n) is 9.44. The number of thiophene rings is 1. The fourth-order valence-electron chi connectivity index (χ4n) is 4.50.